The number of amides is 2. The van der Waals surface area contributed by atoms with Crippen molar-refractivity contribution in [2.75, 3.05) is 0 Å². The van der Waals surface area contributed by atoms with Crippen molar-refractivity contribution in [1.82, 2.24) is 5.32 Å². The highest BCUT2D eigenvalue weighted by Gasteiger charge is 2.18. The van der Waals surface area contributed by atoms with E-state index < -0.39 is 18.0 Å². The first-order valence-electron chi connectivity index (χ1n) is 8.41. The summed E-state index contributed by atoms with van der Waals surface area (Å²) < 4.78 is 5.33. The Morgan fingerprint density at radius 1 is 1.04 bits per heavy atom. The highest BCUT2D eigenvalue weighted by atomic mass is 35.5. The van der Waals surface area contributed by atoms with E-state index in [2.05, 4.69) is 19.2 Å². The fourth-order valence-corrected chi connectivity index (χ4v) is 2.63. The minimum Gasteiger partial charge on any atom is -0.461 e. The first kappa shape index (κ1) is 19.8. The van der Waals surface area contributed by atoms with E-state index in [1.54, 1.807) is 24.3 Å². The molecule has 0 unspecified atom stereocenters. The number of primary amides is 1. The molecule has 0 saturated carbocycles. The van der Waals surface area contributed by atoms with Gasteiger partial charge in [0.15, 0.2) is 0 Å². The van der Waals surface area contributed by atoms with Gasteiger partial charge in [-0.25, -0.2) is 4.79 Å². The quantitative estimate of drug-likeness (QED) is 0.708. The molecule has 0 saturated heterocycles. The zero-order valence-corrected chi connectivity index (χ0v) is 15.6. The number of halogens is 1. The van der Waals surface area contributed by atoms with Crippen LogP contribution in [0.5, 0.6) is 0 Å². The molecular formula is C20H23ClN2O3. The van der Waals surface area contributed by atoms with Crippen LogP contribution in [0, 0.1) is 0 Å². The molecular weight excluding hydrogens is 352 g/mol. The van der Waals surface area contributed by atoms with E-state index in [1.807, 2.05) is 24.3 Å². The molecule has 2 amide bonds. The second-order valence-corrected chi connectivity index (χ2v) is 6.81. The zero-order chi connectivity index (χ0) is 19.1. The first-order chi connectivity index (χ1) is 12.3. The van der Waals surface area contributed by atoms with Gasteiger partial charge in [-0.05, 0) is 34.7 Å². The fourth-order valence-electron chi connectivity index (χ4n) is 2.51. The lowest BCUT2D eigenvalue weighted by Gasteiger charge is -2.17. The van der Waals surface area contributed by atoms with Gasteiger partial charge in [-0.15, -0.1) is 0 Å². The van der Waals surface area contributed by atoms with Gasteiger partial charge >= 0.3 is 12.0 Å². The normalized spacial score (nSPS) is 11.8. The lowest BCUT2D eigenvalue weighted by molar-refractivity contribution is -0.145. The molecule has 2 aromatic carbocycles. The molecule has 0 aliphatic carbocycles. The van der Waals surface area contributed by atoms with Crippen LogP contribution in [0.4, 0.5) is 4.79 Å². The summed E-state index contributed by atoms with van der Waals surface area (Å²) >= 11 is 5.87. The molecule has 0 aliphatic heterocycles. The third-order valence-corrected chi connectivity index (χ3v) is 4.26. The van der Waals surface area contributed by atoms with Gasteiger partial charge in [0.2, 0.25) is 0 Å². The summed E-state index contributed by atoms with van der Waals surface area (Å²) in [5, 5.41) is 3.13. The van der Waals surface area contributed by atoms with Gasteiger partial charge in [-0.3, -0.25) is 4.79 Å². The van der Waals surface area contributed by atoms with Crippen molar-refractivity contribution >= 4 is 23.6 Å². The average molecular weight is 375 g/mol. The summed E-state index contributed by atoms with van der Waals surface area (Å²) in [5.41, 5.74) is 8.08. The van der Waals surface area contributed by atoms with Crippen LogP contribution in [0.25, 0.3) is 0 Å². The number of carbonyl (C=O) groups is 2. The minimum absolute atomic E-state index is 0.0192. The maximum Gasteiger partial charge on any atom is 0.312 e. The van der Waals surface area contributed by atoms with E-state index in [0.29, 0.717) is 10.9 Å². The summed E-state index contributed by atoms with van der Waals surface area (Å²) in [5.74, 6) is 0.0262. The molecule has 6 heteroatoms. The Balaban J connectivity index is 1.96. The molecule has 5 nitrogen and oxygen atoms in total. The van der Waals surface area contributed by atoms with Crippen molar-refractivity contribution in [2.24, 2.45) is 5.73 Å². The van der Waals surface area contributed by atoms with Crippen LogP contribution in [0.3, 0.4) is 0 Å². The molecule has 0 aromatic heterocycles. The smallest absolute Gasteiger partial charge is 0.312 e. The SMILES string of the molecule is CC(C)c1ccc(COC(=O)C[C@H](NC(N)=O)c2ccc(Cl)cc2)cc1. The zero-order valence-electron chi connectivity index (χ0n) is 14.9. The summed E-state index contributed by atoms with van der Waals surface area (Å²) in [4.78, 5) is 23.4. The van der Waals surface area contributed by atoms with Crippen LogP contribution in [0.1, 0.15) is 48.9 Å². The molecule has 0 aliphatic rings. The molecule has 3 N–H and O–H groups in total. The van der Waals surface area contributed by atoms with Gasteiger partial charge < -0.3 is 15.8 Å². The van der Waals surface area contributed by atoms with Gasteiger partial charge in [0.1, 0.15) is 6.61 Å². The predicted molar refractivity (Wildman–Crippen MR) is 102 cm³/mol. The van der Waals surface area contributed by atoms with E-state index in [9.17, 15) is 9.59 Å². The summed E-state index contributed by atoms with van der Waals surface area (Å²) in [7, 11) is 0. The molecule has 2 rings (SSSR count). The van der Waals surface area contributed by atoms with Crippen LogP contribution in [-0.4, -0.2) is 12.0 Å². The third-order valence-electron chi connectivity index (χ3n) is 4.01. The molecule has 0 radical (unpaired) electrons. The number of ether oxygens (including phenoxy) is 1. The standard InChI is InChI=1S/C20H23ClN2O3/c1-13(2)15-5-3-14(4-6-15)12-26-19(24)11-18(23-20(22)25)16-7-9-17(21)10-8-16/h3-10,13,18H,11-12H2,1-2H3,(H3,22,23,25)/t18-/m0/s1. The monoisotopic (exact) mass is 374 g/mol. The lowest BCUT2D eigenvalue weighted by atomic mass is 10.0. The van der Waals surface area contributed by atoms with E-state index in [-0.39, 0.29) is 13.0 Å². The molecule has 2 aromatic rings. The van der Waals surface area contributed by atoms with Gasteiger partial charge in [0, 0.05) is 5.02 Å². The first-order valence-corrected chi connectivity index (χ1v) is 8.79. The van der Waals surface area contributed by atoms with Gasteiger partial charge in [-0.2, -0.15) is 0 Å². The van der Waals surface area contributed by atoms with Crippen LogP contribution >= 0.6 is 11.6 Å². The van der Waals surface area contributed by atoms with Crippen LogP contribution in [-0.2, 0) is 16.1 Å². The number of hydrogen-bond acceptors (Lipinski definition) is 3. The number of carbonyl (C=O) groups excluding carboxylic acids is 2. The predicted octanol–water partition coefficient (Wildman–Crippen LogP) is 4.31. The Kier molecular flexibility index (Phi) is 7.04. The van der Waals surface area contributed by atoms with Gasteiger partial charge in [0.25, 0.3) is 0 Å². The number of nitrogens with two attached hydrogens (primary N) is 1. The maximum absolute atomic E-state index is 12.2. The Morgan fingerprint density at radius 2 is 1.62 bits per heavy atom. The molecule has 138 valence electrons. The van der Waals surface area contributed by atoms with Crippen molar-refractivity contribution < 1.29 is 14.3 Å². The average Bonchev–Trinajstić information content (AvgIpc) is 2.60. The highest BCUT2D eigenvalue weighted by Crippen LogP contribution is 2.20. The topological polar surface area (TPSA) is 81.4 Å². The molecule has 1 atom stereocenters. The Bertz CT molecular complexity index is 743. The summed E-state index contributed by atoms with van der Waals surface area (Å²) in [6.07, 6.45) is -0.0192. The molecule has 0 heterocycles. The van der Waals surface area contributed by atoms with Gasteiger partial charge in [0.05, 0.1) is 12.5 Å². The lowest BCUT2D eigenvalue weighted by Crippen LogP contribution is -2.34. The number of nitrogens with one attached hydrogen (secondary N) is 1. The number of hydrogen-bond donors (Lipinski definition) is 2. The molecule has 0 bridgehead atoms. The Morgan fingerprint density at radius 3 is 2.15 bits per heavy atom. The molecule has 0 spiro atoms. The van der Waals surface area contributed by atoms with Crippen molar-refractivity contribution in [3.8, 4) is 0 Å². The fraction of sp³-hybridized carbons (Fsp3) is 0.300. The summed E-state index contributed by atoms with van der Waals surface area (Å²) in [6.45, 7) is 4.43. The maximum atomic E-state index is 12.2. The van der Waals surface area contributed by atoms with Gasteiger partial charge in [-0.1, -0.05) is 61.8 Å². The summed E-state index contributed by atoms with van der Waals surface area (Å²) in [6, 6.07) is 13.5. The number of benzene rings is 2. The van der Waals surface area contributed by atoms with Crippen molar-refractivity contribution in [1.29, 1.82) is 0 Å². The third kappa shape index (κ3) is 6.08. The van der Waals surface area contributed by atoms with Crippen molar-refractivity contribution in [2.45, 2.75) is 38.8 Å². The van der Waals surface area contributed by atoms with Crippen LogP contribution in [0.2, 0.25) is 5.02 Å². The molecule has 26 heavy (non-hydrogen) atoms. The minimum atomic E-state index is -0.706. The van der Waals surface area contributed by atoms with E-state index in [4.69, 9.17) is 22.1 Å². The highest BCUT2D eigenvalue weighted by molar-refractivity contribution is 6.30. The van der Waals surface area contributed by atoms with Crippen molar-refractivity contribution in [3.05, 3.63) is 70.2 Å². The molecule has 0 fully saturated rings. The second kappa shape index (κ2) is 9.25. The van der Waals surface area contributed by atoms with Crippen molar-refractivity contribution in [3.63, 3.8) is 0 Å². The van der Waals surface area contributed by atoms with Crippen LogP contribution < -0.4 is 11.1 Å². The number of rotatable bonds is 7. The Labute approximate surface area is 158 Å². The van der Waals surface area contributed by atoms with E-state index in [1.165, 1.54) is 5.56 Å². The number of urea groups is 1. The van der Waals surface area contributed by atoms with Crippen LogP contribution in [0.15, 0.2) is 48.5 Å². The van der Waals surface area contributed by atoms with E-state index >= 15 is 0 Å². The van der Waals surface area contributed by atoms with E-state index in [0.717, 1.165) is 11.1 Å². The number of esters is 1. The Hall–Kier alpha value is -2.53. The second-order valence-electron chi connectivity index (χ2n) is 6.37. The largest absolute Gasteiger partial charge is 0.461 e.